The normalized spacial score (nSPS) is 12.7. The summed E-state index contributed by atoms with van der Waals surface area (Å²) in [5.74, 6) is 0. The van der Waals surface area contributed by atoms with Gasteiger partial charge in [0.1, 0.15) is 0 Å². The second-order valence-corrected chi connectivity index (χ2v) is 15.9. The van der Waals surface area contributed by atoms with Crippen LogP contribution in [0.2, 0.25) is 0 Å². The highest BCUT2D eigenvalue weighted by Gasteiger charge is 2.48. The van der Waals surface area contributed by atoms with Crippen molar-refractivity contribution in [1.82, 2.24) is 0 Å². The van der Waals surface area contributed by atoms with E-state index in [9.17, 15) is 0 Å². The van der Waals surface area contributed by atoms with Gasteiger partial charge < -0.3 is 4.90 Å². The van der Waals surface area contributed by atoms with Crippen molar-refractivity contribution in [2.75, 3.05) is 4.90 Å². The number of nitrogens with zero attached hydrogens (tertiary/aromatic N) is 1. The number of benzene rings is 9. The molecule has 2 heteroatoms. The predicted octanol–water partition coefficient (Wildman–Crippen LogP) is 15.2. The number of rotatable bonds is 7. The van der Waals surface area contributed by atoms with Gasteiger partial charge in [0.15, 0.2) is 0 Å². The lowest BCUT2D eigenvalue weighted by atomic mass is 9.67. The molecule has 0 bridgehead atoms. The molecule has 1 aliphatic carbocycles. The van der Waals surface area contributed by atoms with Gasteiger partial charge >= 0.3 is 0 Å². The maximum atomic E-state index is 2.44. The van der Waals surface area contributed by atoms with E-state index in [1.165, 1.54) is 75.8 Å². The van der Waals surface area contributed by atoms with E-state index in [0.717, 1.165) is 17.1 Å². The van der Waals surface area contributed by atoms with E-state index in [0.29, 0.717) is 0 Å². The highest BCUT2D eigenvalue weighted by atomic mass is 32.1. The van der Waals surface area contributed by atoms with Gasteiger partial charge in [-0.15, -0.1) is 11.3 Å². The van der Waals surface area contributed by atoms with Crippen molar-refractivity contribution < 1.29 is 0 Å². The second-order valence-electron chi connectivity index (χ2n) is 14.8. The van der Waals surface area contributed by atoms with Crippen LogP contribution in [0.3, 0.4) is 0 Å². The Morgan fingerprint density at radius 2 is 0.895 bits per heavy atom. The third-order valence-electron chi connectivity index (χ3n) is 11.8. The molecule has 57 heavy (non-hydrogen) atoms. The lowest BCUT2D eigenvalue weighted by Crippen LogP contribution is -2.28. The third-order valence-corrected chi connectivity index (χ3v) is 13.0. The molecule has 0 saturated heterocycles. The van der Waals surface area contributed by atoms with Gasteiger partial charge in [-0.05, 0) is 103 Å². The first-order valence-corrected chi connectivity index (χ1v) is 20.4. The zero-order valence-electron chi connectivity index (χ0n) is 31.2. The van der Waals surface area contributed by atoms with Crippen molar-refractivity contribution >= 4 is 49.3 Å². The van der Waals surface area contributed by atoms with Gasteiger partial charge in [-0.3, -0.25) is 0 Å². The van der Waals surface area contributed by atoms with Crippen LogP contribution < -0.4 is 4.90 Å². The van der Waals surface area contributed by atoms with E-state index >= 15 is 0 Å². The number of fused-ring (bicyclic) bond motifs is 6. The van der Waals surface area contributed by atoms with Crippen molar-refractivity contribution in [2.45, 2.75) is 5.41 Å². The van der Waals surface area contributed by atoms with E-state index in [2.05, 4.69) is 229 Å². The van der Waals surface area contributed by atoms with Crippen molar-refractivity contribution in [2.24, 2.45) is 0 Å². The fraction of sp³-hybridized carbons (Fsp3) is 0.0182. The Kier molecular flexibility index (Phi) is 7.98. The first-order valence-electron chi connectivity index (χ1n) is 19.6. The van der Waals surface area contributed by atoms with Crippen LogP contribution in [0.5, 0.6) is 0 Å². The van der Waals surface area contributed by atoms with Gasteiger partial charge in [-0.1, -0.05) is 182 Å². The molecule has 1 aromatic heterocycles. The Labute approximate surface area is 337 Å². The van der Waals surface area contributed by atoms with Crippen LogP contribution in [0.15, 0.2) is 224 Å². The smallest absolute Gasteiger partial charge is 0.0728 e. The Bertz CT molecular complexity index is 2990. The zero-order valence-corrected chi connectivity index (χ0v) is 32.0. The van der Waals surface area contributed by atoms with Crippen molar-refractivity contribution in [3.05, 3.63) is 247 Å². The van der Waals surface area contributed by atoms with E-state index in [1.807, 2.05) is 11.3 Å². The fourth-order valence-corrected chi connectivity index (χ4v) is 10.5. The Balaban J connectivity index is 1.05. The SMILES string of the molecule is c1ccc(-c2ccc(N(c3ccc(-c4ccc5c(c4)-c4sc6ccccc6c4C5(c4ccccc4)c4ccccc4)cc3)c3cccc4ccccc34)cc2)cc1. The standard InChI is InChI=1S/C55H37NS/c1-4-15-38(16-5-1)39-27-32-45(33-28-39)56(51-25-14-18-41-17-10-11-23-47(41)51)46-34-29-40(30-35-46)42-31-36-50-49(37-42)54-53(48-24-12-13-26-52(48)57-54)55(50,43-19-6-2-7-20-43)44-21-8-3-9-22-44/h1-37H. The van der Waals surface area contributed by atoms with Gasteiger partial charge in [0.25, 0.3) is 0 Å². The van der Waals surface area contributed by atoms with Crippen molar-refractivity contribution in [3.63, 3.8) is 0 Å². The minimum Gasteiger partial charge on any atom is -0.310 e. The van der Waals surface area contributed by atoms with Crippen molar-refractivity contribution in [1.29, 1.82) is 0 Å². The van der Waals surface area contributed by atoms with Crippen LogP contribution in [0.4, 0.5) is 17.1 Å². The summed E-state index contributed by atoms with van der Waals surface area (Å²) in [7, 11) is 0. The number of hydrogen-bond donors (Lipinski definition) is 0. The van der Waals surface area contributed by atoms with Gasteiger partial charge in [0.05, 0.1) is 11.1 Å². The highest BCUT2D eigenvalue weighted by Crippen LogP contribution is 2.61. The maximum Gasteiger partial charge on any atom is 0.0728 e. The predicted molar refractivity (Wildman–Crippen MR) is 242 cm³/mol. The lowest BCUT2D eigenvalue weighted by Gasteiger charge is -2.34. The fourth-order valence-electron chi connectivity index (χ4n) is 9.19. The quantitative estimate of drug-likeness (QED) is 0.157. The lowest BCUT2D eigenvalue weighted by molar-refractivity contribution is 0.777. The Morgan fingerprint density at radius 1 is 0.386 bits per heavy atom. The zero-order chi connectivity index (χ0) is 37.8. The Morgan fingerprint density at radius 3 is 1.56 bits per heavy atom. The summed E-state index contributed by atoms with van der Waals surface area (Å²) in [5, 5.41) is 3.77. The van der Waals surface area contributed by atoms with Gasteiger partial charge in [0.2, 0.25) is 0 Å². The highest BCUT2D eigenvalue weighted by molar-refractivity contribution is 7.22. The molecule has 0 fully saturated rings. The Hall–Kier alpha value is -7.00. The van der Waals surface area contributed by atoms with E-state index in [4.69, 9.17) is 0 Å². The maximum absolute atomic E-state index is 2.44. The van der Waals surface area contributed by atoms with Crippen LogP contribution in [-0.2, 0) is 5.41 Å². The van der Waals surface area contributed by atoms with E-state index in [-0.39, 0.29) is 0 Å². The van der Waals surface area contributed by atoms with E-state index < -0.39 is 5.41 Å². The summed E-state index contributed by atoms with van der Waals surface area (Å²) in [4.78, 5) is 3.75. The first kappa shape index (κ1) is 33.3. The summed E-state index contributed by atoms with van der Waals surface area (Å²) < 4.78 is 1.32. The molecule has 268 valence electrons. The minimum atomic E-state index is -0.426. The summed E-state index contributed by atoms with van der Waals surface area (Å²) in [5.41, 5.74) is 14.4. The molecule has 0 saturated carbocycles. The molecular weight excluding hydrogens is 707 g/mol. The largest absolute Gasteiger partial charge is 0.310 e. The van der Waals surface area contributed by atoms with Crippen molar-refractivity contribution in [3.8, 4) is 32.7 Å². The molecule has 1 heterocycles. The molecule has 0 aliphatic heterocycles. The molecule has 0 N–H and O–H groups in total. The van der Waals surface area contributed by atoms with Gasteiger partial charge in [-0.25, -0.2) is 0 Å². The second kappa shape index (κ2) is 13.6. The summed E-state index contributed by atoms with van der Waals surface area (Å²) in [6, 6.07) is 82.2. The number of thiophene rings is 1. The molecule has 0 unspecified atom stereocenters. The monoisotopic (exact) mass is 743 g/mol. The molecule has 9 aromatic carbocycles. The molecule has 0 amide bonds. The first-order chi connectivity index (χ1) is 28.3. The average molecular weight is 744 g/mol. The van der Waals surface area contributed by atoms with Crippen LogP contribution in [0, 0.1) is 0 Å². The summed E-state index contributed by atoms with van der Waals surface area (Å²) >= 11 is 1.92. The van der Waals surface area contributed by atoms with Crippen LogP contribution in [-0.4, -0.2) is 0 Å². The average Bonchev–Trinajstić information content (AvgIpc) is 3.81. The topological polar surface area (TPSA) is 3.24 Å². The van der Waals surface area contributed by atoms with Gasteiger partial charge in [0, 0.05) is 26.3 Å². The minimum absolute atomic E-state index is 0.426. The van der Waals surface area contributed by atoms with Crippen LogP contribution in [0.1, 0.15) is 22.3 Å². The number of anilines is 3. The molecule has 1 aliphatic rings. The van der Waals surface area contributed by atoms with Crippen LogP contribution in [0.25, 0.3) is 53.6 Å². The third kappa shape index (κ3) is 5.37. The summed E-state index contributed by atoms with van der Waals surface area (Å²) in [6.45, 7) is 0. The molecule has 0 spiro atoms. The van der Waals surface area contributed by atoms with E-state index in [1.54, 1.807) is 0 Å². The molecule has 11 rings (SSSR count). The molecule has 0 radical (unpaired) electrons. The molecule has 1 nitrogen and oxygen atoms in total. The molecular formula is C55H37NS. The molecule has 10 aromatic rings. The molecule has 0 atom stereocenters. The number of hydrogen-bond acceptors (Lipinski definition) is 2. The van der Waals surface area contributed by atoms with Gasteiger partial charge in [-0.2, -0.15) is 0 Å². The van der Waals surface area contributed by atoms with Crippen LogP contribution >= 0.6 is 11.3 Å². The summed E-state index contributed by atoms with van der Waals surface area (Å²) in [6.07, 6.45) is 0.